The lowest BCUT2D eigenvalue weighted by molar-refractivity contribution is 0.471. The summed E-state index contributed by atoms with van der Waals surface area (Å²) in [6, 6.07) is 9.05. The van der Waals surface area contributed by atoms with E-state index in [1.54, 1.807) is 0 Å². The highest BCUT2D eigenvalue weighted by Gasteiger charge is 2.20. The number of hydrogen-bond acceptors (Lipinski definition) is 2. The van der Waals surface area contributed by atoms with Crippen molar-refractivity contribution in [2.45, 2.75) is 12.6 Å². The molecular formula is C11H12N2S. The highest BCUT2D eigenvalue weighted by molar-refractivity contribution is 7.10. The average Bonchev–Trinajstić information content (AvgIpc) is 2.88. The van der Waals surface area contributed by atoms with E-state index in [1.807, 2.05) is 11.3 Å². The first-order valence-corrected chi connectivity index (χ1v) is 5.75. The van der Waals surface area contributed by atoms with Gasteiger partial charge in [0.2, 0.25) is 0 Å². The molecule has 0 bridgehead atoms. The molecule has 0 fully saturated rings. The molecule has 0 aromatic carbocycles. The van der Waals surface area contributed by atoms with Crippen LogP contribution in [0.4, 0.5) is 0 Å². The third-order valence-corrected chi connectivity index (χ3v) is 3.63. The van der Waals surface area contributed by atoms with Crippen molar-refractivity contribution in [1.82, 2.24) is 9.88 Å². The third-order valence-electron chi connectivity index (χ3n) is 2.69. The Morgan fingerprint density at radius 2 is 2.36 bits per heavy atom. The predicted molar refractivity (Wildman–Crippen MR) is 58.6 cm³/mol. The van der Waals surface area contributed by atoms with E-state index in [1.165, 1.54) is 10.6 Å². The minimum atomic E-state index is 0.402. The Morgan fingerprint density at radius 3 is 3.21 bits per heavy atom. The van der Waals surface area contributed by atoms with E-state index in [0.29, 0.717) is 6.04 Å². The zero-order valence-corrected chi connectivity index (χ0v) is 8.63. The molecule has 0 radical (unpaired) electrons. The van der Waals surface area contributed by atoms with Gasteiger partial charge in [-0.1, -0.05) is 6.07 Å². The van der Waals surface area contributed by atoms with Crippen LogP contribution >= 0.6 is 11.3 Å². The zero-order valence-electron chi connectivity index (χ0n) is 7.81. The summed E-state index contributed by atoms with van der Waals surface area (Å²) in [5.74, 6) is 0. The molecule has 1 aliphatic rings. The molecule has 0 unspecified atom stereocenters. The largest absolute Gasteiger partial charge is 0.348 e. The van der Waals surface area contributed by atoms with Crippen LogP contribution in [0.25, 0.3) is 0 Å². The number of aromatic nitrogens is 1. The van der Waals surface area contributed by atoms with Crippen LogP contribution < -0.4 is 5.32 Å². The third kappa shape index (κ3) is 1.21. The summed E-state index contributed by atoms with van der Waals surface area (Å²) in [6.07, 6.45) is 2.16. The van der Waals surface area contributed by atoms with Crippen molar-refractivity contribution in [3.8, 4) is 0 Å². The fourth-order valence-corrected chi connectivity index (χ4v) is 2.84. The van der Waals surface area contributed by atoms with E-state index < -0.39 is 0 Å². The lowest BCUT2D eigenvalue weighted by atomic mass is 10.1. The van der Waals surface area contributed by atoms with Gasteiger partial charge < -0.3 is 9.88 Å². The molecule has 0 aliphatic carbocycles. The molecule has 3 heterocycles. The monoisotopic (exact) mass is 204 g/mol. The summed E-state index contributed by atoms with van der Waals surface area (Å²) < 4.78 is 2.33. The van der Waals surface area contributed by atoms with Gasteiger partial charge in [-0.3, -0.25) is 0 Å². The molecule has 2 aromatic heterocycles. The lowest BCUT2D eigenvalue weighted by Crippen LogP contribution is -2.32. The van der Waals surface area contributed by atoms with Gasteiger partial charge >= 0.3 is 0 Å². The van der Waals surface area contributed by atoms with Crippen molar-refractivity contribution in [2.24, 2.45) is 0 Å². The molecule has 0 saturated heterocycles. The van der Waals surface area contributed by atoms with Crippen LogP contribution in [0.3, 0.4) is 0 Å². The second-order valence-electron chi connectivity index (χ2n) is 3.53. The molecule has 1 aliphatic heterocycles. The predicted octanol–water partition coefficient (Wildman–Crippen LogP) is 2.24. The Kier molecular flexibility index (Phi) is 1.92. The first-order valence-electron chi connectivity index (χ1n) is 4.87. The van der Waals surface area contributed by atoms with E-state index >= 15 is 0 Å². The Morgan fingerprint density at radius 1 is 1.36 bits per heavy atom. The average molecular weight is 204 g/mol. The zero-order chi connectivity index (χ0) is 9.38. The molecule has 3 rings (SSSR count). The molecule has 1 atom stereocenters. The van der Waals surface area contributed by atoms with Crippen LogP contribution in [-0.2, 0) is 6.54 Å². The lowest BCUT2D eigenvalue weighted by Gasteiger charge is -2.25. The maximum atomic E-state index is 3.55. The van der Waals surface area contributed by atoms with E-state index in [4.69, 9.17) is 0 Å². The van der Waals surface area contributed by atoms with Crippen molar-refractivity contribution in [3.63, 3.8) is 0 Å². The van der Waals surface area contributed by atoms with Crippen LogP contribution in [-0.4, -0.2) is 11.1 Å². The van der Waals surface area contributed by atoms with Crippen LogP contribution in [0.15, 0.2) is 35.8 Å². The minimum absolute atomic E-state index is 0.402. The summed E-state index contributed by atoms with van der Waals surface area (Å²) in [5.41, 5.74) is 1.39. The van der Waals surface area contributed by atoms with Gasteiger partial charge in [0.15, 0.2) is 0 Å². The van der Waals surface area contributed by atoms with Gasteiger partial charge in [0.05, 0.1) is 6.04 Å². The summed E-state index contributed by atoms with van der Waals surface area (Å²) >= 11 is 1.82. The van der Waals surface area contributed by atoms with Crippen molar-refractivity contribution >= 4 is 11.3 Å². The van der Waals surface area contributed by atoms with Crippen LogP contribution in [0, 0.1) is 0 Å². The second kappa shape index (κ2) is 3.26. The number of fused-ring (bicyclic) bond motifs is 1. The molecule has 0 amide bonds. The Bertz CT molecular complexity index is 416. The van der Waals surface area contributed by atoms with E-state index in [0.717, 1.165) is 13.1 Å². The van der Waals surface area contributed by atoms with E-state index in [-0.39, 0.29) is 0 Å². The van der Waals surface area contributed by atoms with Crippen molar-refractivity contribution < 1.29 is 0 Å². The smallest absolute Gasteiger partial charge is 0.0825 e. The summed E-state index contributed by atoms with van der Waals surface area (Å²) in [7, 11) is 0. The normalized spacial score (nSPS) is 20.7. The van der Waals surface area contributed by atoms with Crippen molar-refractivity contribution in [1.29, 1.82) is 0 Å². The van der Waals surface area contributed by atoms with Gasteiger partial charge in [0.1, 0.15) is 0 Å². The van der Waals surface area contributed by atoms with Gasteiger partial charge in [-0.15, -0.1) is 11.3 Å². The number of nitrogens with zero attached hydrogens (tertiary/aromatic N) is 1. The second-order valence-corrected chi connectivity index (χ2v) is 4.51. The maximum Gasteiger partial charge on any atom is 0.0825 e. The molecule has 1 N–H and O–H groups in total. The first-order chi connectivity index (χ1) is 6.95. The van der Waals surface area contributed by atoms with E-state index in [2.05, 4.69) is 45.7 Å². The fourth-order valence-electron chi connectivity index (χ4n) is 2.03. The van der Waals surface area contributed by atoms with Crippen molar-refractivity contribution in [3.05, 3.63) is 46.4 Å². The molecule has 2 nitrogen and oxygen atoms in total. The van der Waals surface area contributed by atoms with Gasteiger partial charge in [-0.05, 0) is 23.6 Å². The molecular weight excluding hydrogens is 192 g/mol. The number of thiophene rings is 1. The SMILES string of the molecule is c1csc([C@H]2NCCn3cccc32)c1. The summed E-state index contributed by atoms with van der Waals surface area (Å²) in [6.45, 7) is 2.15. The van der Waals surface area contributed by atoms with Crippen LogP contribution in [0.2, 0.25) is 0 Å². The Hall–Kier alpha value is -1.06. The molecule has 3 heteroatoms. The number of nitrogens with one attached hydrogen (secondary N) is 1. The highest BCUT2D eigenvalue weighted by Crippen LogP contribution is 2.28. The molecule has 2 aromatic rings. The quantitative estimate of drug-likeness (QED) is 0.754. The Labute approximate surface area is 87.2 Å². The molecule has 14 heavy (non-hydrogen) atoms. The Balaban J connectivity index is 2.04. The highest BCUT2D eigenvalue weighted by atomic mass is 32.1. The van der Waals surface area contributed by atoms with Gasteiger partial charge in [-0.25, -0.2) is 0 Å². The number of hydrogen-bond donors (Lipinski definition) is 1. The van der Waals surface area contributed by atoms with Crippen LogP contribution in [0.1, 0.15) is 16.6 Å². The fraction of sp³-hybridized carbons (Fsp3) is 0.273. The van der Waals surface area contributed by atoms with Crippen molar-refractivity contribution in [2.75, 3.05) is 6.54 Å². The molecule has 0 saturated carbocycles. The summed E-state index contributed by atoms with van der Waals surface area (Å²) in [4.78, 5) is 1.41. The number of rotatable bonds is 1. The van der Waals surface area contributed by atoms with Crippen LogP contribution in [0.5, 0.6) is 0 Å². The van der Waals surface area contributed by atoms with E-state index in [9.17, 15) is 0 Å². The first kappa shape index (κ1) is 8.26. The minimum Gasteiger partial charge on any atom is -0.348 e. The molecule has 72 valence electrons. The summed E-state index contributed by atoms with van der Waals surface area (Å²) in [5, 5.41) is 5.69. The van der Waals surface area contributed by atoms with Gasteiger partial charge in [0.25, 0.3) is 0 Å². The van der Waals surface area contributed by atoms with Gasteiger partial charge in [0, 0.05) is 29.9 Å². The van der Waals surface area contributed by atoms with Gasteiger partial charge in [-0.2, -0.15) is 0 Å². The molecule has 0 spiro atoms. The topological polar surface area (TPSA) is 17.0 Å². The standard InChI is InChI=1S/C11H12N2S/c1-3-9-11(10-4-2-8-14-10)12-5-7-13(9)6-1/h1-4,6,8,11-12H,5,7H2/t11-/m0/s1. The maximum absolute atomic E-state index is 3.55.